The lowest BCUT2D eigenvalue weighted by molar-refractivity contribution is -0.120. The Morgan fingerprint density at radius 1 is 1.69 bits per heavy atom. The van der Waals surface area contributed by atoms with Crippen LogP contribution in [0.4, 0.5) is 4.39 Å². The Labute approximate surface area is 78.1 Å². The van der Waals surface area contributed by atoms with E-state index >= 15 is 0 Å². The summed E-state index contributed by atoms with van der Waals surface area (Å²) in [4.78, 5) is 11.2. The Morgan fingerprint density at radius 2 is 2.38 bits per heavy atom. The van der Waals surface area contributed by atoms with Crippen LogP contribution in [0.3, 0.4) is 0 Å². The Kier molecular flexibility index (Phi) is 3.81. The van der Waals surface area contributed by atoms with Crippen LogP contribution in [0.1, 0.15) is 13.8 Å². The normalized spacial score (nSPS) is 30.4. The van der Waals surface area contributed by atoms with E-state index in [4.69, 9.17) is 0 Å². The number of likely N-dealkylation sites (N-methyl/N-ethyl adjacent to an activating group) is 1. The molecule has 0 saturated carbocycles. The molecule has 0 bridgehead atoms. The Bertz CT molecular complexity index is 186. The van der Waals surface area contributed by atoms with E-state index in [0.717, 1.165) is 0 Å². The zero-order valence-corrected chi connectivity index (χ0v) is 8.14. The highest BCUT2D eigenvalue weighted by atomic mass is 19.1. The Morgan fingerprint density at radius 3 is 2.77 bits per heavy atom. The molecule has 1 aliphatic rings. The molecule has 1 fully saturated rings. The molecule has 3 atom stereocenters. The number of carbonyl (C=O) groups is 1. The second-order valence-corrected chi connectivity index (χ2v) is 3.48. The van der Waals surface area contributed by atoms with Crippen LogP contribution < -0.4 is 10.6 Å². The lowest BCUT2D eigenvalue weighted by Crippen LogP contribution is -2.45. The smallest absolute Gasteiger partial charge is 0.147 e. The largest absolute Gasteiger partial charge is 0.313 e. The monoisotopic (exact) mass is 188 g/mol. The number of alkyl halides is 1. The third-order valence-corrected chi connectivity index (χ3v) is 2.47. The van der Waals surface area contributed by atoms with Gasteiger partial charge in [0.05, 0.1) is 6.04 Å². The average Bonchev–Trinajstić information content (AvgIpc) is 2.47. The van der Waals surface area contributed by atoms with Crippen LogP contribution in [0, 0.1) is 5.92 Å². The maximum Gasteiger partial charge on any atom is 0.147 e. The third kappa shape index (κ3) is 2.48. The minimum Gasteiger partial charge on any atom is -0.313 e. The van der Waals surface area contributed by atoms with Gasteiger partial charge < -0.3 is 10.6 Å². The second kappa shape index (κ2) is 4.67. The molecule has 0 aliphatic carbocycles. The third-order valence-electron chi connectivity index (χ3n) is 2.47. The first-order valence-electron chi connectivity index (χ1n) is 4.75. The molecule has 1 rings (SSSR count). The van der Waals surface area contributed by atoms with E-state index in [1.165, 1.54) is 6.92 Å². The van der Waals surface area contributed by atoms with E-state index in [9.17, 15) is 9.18 Å². The molecular formula is C9H17FN2O. The van der Waals surface area contributed by atoms with Crippen molar-refractivity contribution in [2.24, 2.45) is 5.92 Å². The maximum atomic E-state index is 13.3. The van der Waals surface area contributed by atoms with Crippen LogP contribution in [0.5, 0.6) is 0 Å². The van der Waals surface area contributed by atoms with Crippen molar-refractivity contribution < 1.29 is 9.18 Å². The molecule has 4 heteroatoms. The molecule has 76 valence electrons. The SMILES string of the molecule is CCNC(C(C)=O)C1CNCC1F. The number of hydrogen-bond acceptors (Lipinski definition) is 3. The Balaban J connectivity index is 2.57. The first-order valence-corrected chi connectivity index (χ1v) is 4.75. The standard InChI is InChI=1S/C9H17FN2O/c1-3-12-9(6(2)13)7-4-11-5-8(7)10/h7-9,11-12H,3-5H2,1-2H3. The van der Waals surface area contributed by atoms with Crippen molar-refractivity contribution in [1.29, 1.82) is 0 Å². The predicted molar refractivity (Wildman–Crippen MR) is 49.4 cm³/mol. The molecule has 13 heavy (non-hydrogen) atoms. The Hall–Kier alpha value is -0.480. The van der Waals surface area contributed by atoms with Gasteiger partial charge in [-0.1, -0.05) is 6.92 Å². The molecule has 0 aromatic carbocycles. The second-order valence-electron chi connectivity index (χ2n) is 3.48. The van der Waals surface area contributed by atoms with E-state index in [2.05, 4.69) is 10.6 Å². The number of carbonyl (C=O) groups excluding carboxylic acids is 1. The highest BCUT2D eigenvalue weighted by Gasteiger charge is 2.35. The summed E-state index contributed by atoms with van der Waals surface area (Å²) in [5.74, 6) is -0.171. The number of halogens is 1. The molecule has 0 radical (unpaired) electrons. The fraction of sp³-hybridized carbons (Fsp3) is 0.889. The number of hydrogen-bond donors (Lipinski definition) is 2. The molecule has 1 aliphatic heterocycles. The molecule has 0 aromatic rings. The van der Waals surface area contributed by atoms with Crippen molar-refractivity contribution in [3.05, 3.63) is 0 Å². The number of rotatable bonds is 4. The minimum atomic E-state index is -0.895. The van der Waals surface area contributed by atoms with Crippen molar-refractivity contribution in [2.75, 3.05) is 19.6 Å². The van der Waals surface area contributed by atoms with Crippen LogP contribution in [-0.2, 0) is 4.79 Å². The van der Waals surface area contributed by atoms with Crippen molar-refractivity contribution in [1.82, 2.24) is 10.6 Å². The van der Waals surface area contributed by atoms with E-state index in [0.29, 0.717) is 19.6 Å². The van der Waals surface area contributed by atoms with Crippen molar-refractivity contribution in [3.63, 3.8) is 0 Å². The summed E-state index contributed by atoms with van der Waals surface area (Å²) in [7, 11) is 0. The van der Waals surface area contributed by atoms with E-state index in [1.807, 2.05) is 6.92 Å². The van der Waals surface area contributed by atoms with E-state index in [1.54, 1.807) is 0 Å². The van der Waals surface area contributed by atoms with Gasteiger partial charge in [0, 0.05) is 19.0 Å². The van der Waals surface area contributed by atoms with Crippen LogP contribution in [-0.4, -0.2) is 37.6 Å². The summed E-state index contributed by atoms with van der Waals surface area (Å²) in [6, 6.07) is -0.324. The van der Waals surface area contributed by atoms with Gasteiger partial charge >= 0.3 is 0 Å². The summed E-state index contributed by atoms with van der Waals surface area (Å²) < 4.78 is 13.3. The zero-order valence-electron chi connectivity index (χ0n) is 8.14. The van der Waals surface area contributed by atoms with Gasteiger partial charge in [0.15, 0.2) is 0 Å². The first kappa shape index (κ1) is 10.6. The summed E-state index contributed by atoms with van der Waals surface area (Å²) in [6.45, 7) is 5.11. The van der Waals surface area contributed by atoms with E-state index in [-0.39, 0.29) is 17.7 Å². The molecule has 0 amide bonds. The quantitative estimate of drug-likeness (QED) is 0.658. The van der Waals surface area contributed by atoms with E-state index < -0.39 is 6.17 Å². The molecule has 1 heterocycles. The molecule has 1 saturated heterocycles. The molecule has 0 aromatic heterocycles. The van der Waals surface area contributed by atoms with Gasteiger partial charge in [-0.2, -0.15) is 0 Å². The average molecular weight is 188 g/mol. The molecule has 2 N–H and O–H groups in total. The molecular weight excluding hydrogens is 171 g/mol. The summed E-state index contributed by atoms with van der Waals surface area (Å²) >= 11 is 0. The van der Waals surface area contributed by atoms with Crippen molar-refractivity contribution in [3.8, 4) is 0 Å². The first-order chi connectivity index (χ1) is 6.16. The zero-order chi connectivity index (χ0) is 9.84. The lowest BCUT2D eigenvalue weighted by atomic mass is 9.94. The van der Waals surface area contributed by atoms with Gasteiger partial charge in [0.2, 0.25) is 0 Å². The lowest BCUT2D eigenvalue weighted by Gasteiger charge is -2.22. The molecule has 0 spiro atoms. The number of nitrogens with one attached hydrogen (secondary N) is 2. The topological polar surface area (TPSA) is 41.1 Å². The predicted octanol–water partition coefficient (Wildman–Crippen LogP) is 0.111. The van der Waals surface area contributed by atoms with Crippen molar-refractivity contribution >= 4 is 5.78 Å². The summed E-state index contributed by atoms with van der Waals surface area (Å²) in [5.41, 5.74) is 0. The minimum absolute atomic E-state index is 0.0261. The molecule has 3 nitrogen and oxygen atoms in total. The molecule has 3 unspecified atom stereocenters. The highest BCUT2D eigenvalue weighted by Crippen LogP contribution is 2.17. The van der Waals surface area contributed by atoms with Crippen LogP contribution >= 0.6 is 0 Å². The van der Waals surface area contributed by atoms with Crippen molar-refractivity contribution in [2.45, 2.75) is 26.1 Å². The number of Topliss-reactive ketones (excluding diaryl/α,β-unsaturated/α-hetero) is 1. The highest BCUT2D eigenvalue weighted by molar-refractivity contribution is 5.82. The van der Waals surface area contributed by atoms with Gasteiger partial charge in [-0.15, -0.1) is 0 Å². The van der Waals surface area contributed by atoms with Gasteiger partial charge in [-0.3, -0.25) is 4.79 Å². The summed E-state index contributed by atoms with van der Waals surface area (Å²) in [5, 5.41) is 5.97. The summed E-state index contributed by atoms with van der Waals surface area (Å²) in [6.07, 6.45) is -0.895. The van der Waals surface area contributed by atoms with Crippen LogP contribution in [0.25, 0.3) is 0 Å². The van der Waals surface area contributed by atoms with Crippen LogP contribution in [0.2, 0.25) is 0 Å². The fourth-order valence-corrected chi connectivity index (χ4v) is 1.81. The number of ketones is 1. The van der Waals surface area contributed by atoms with Gasteiger partial charge in [-0.25, -0.2) is 4.39 Å². The van der Waals surface area contributed by atoms with Gasteiger partial charge in [0.25, 0.3) is 0 Å². The fourth-order valence-electron chi connectivity index (χ4n) is 1.81. The van der Waals surface area contributed by atoms with Gasteiger partial charge in [-0.05, 0) is 13.5 Å². The van der Waals surface area contributed by atoms with Crippen LogP contribution in [0.15, 0.2) is 0 Å². The van der Waals surface area contributed by atoms with Gasteiger partial charge in [0.1, 0.15) is 12.0 Å². The maximum absolute atomic E-state index is 13.3.